The Balaban J connectivity index is -0.000000853. The maximum atomic E-state index is 2.43. The quantitative estimate of drug-likeness (QED) is 0.398. The van der Waals surface area contributed by atoms with E-state index < -0.39 is 0 Å². The van der Waals surface area contributed by atoms with Gasteiger partial charge in [0.25, 0.3) is 0 Å². The topological polar surface area (TPSA) is 13.0 Å². The molecule has 0 N–H and O–H groups in total. The van der Waals surface area contributed by atoms with Crippen LogP contribution in [0, 0.1) is 0 Å². The Morgan fingerprint density at radius 1 is 0.421 bits per heavy atom. The molecule has 0 aromatic carbocycles. The first-order chi connectivity index (χ1) is 7.58. The standard InChI is InChI=1S/C12H28N4.2ClH.Cu/c1-13-5-7-14(2)9-11-16(4)12-10-15(3)8-6-13;;;/h5-12H2,1-4H3;2*1H;/q;;;+2/p-2. The van der Waals surface area contributed by atoms with Crippen LogP contribution in [0.2, 0.25) is 0 Å². The predicted octanol–water partition coefficient (Wildman–Crippen LogP) is -6.27. The van der Waals surface area contributed by atoms with Crippen molar-refractivity contribution in [3.05, 3.63) is 0 Å². The van der Waals surface area contributed by atoms with Crippen molar-refractivity contribution >= 4 is 0 Å². The van der Waals surface area contributed by atoms with Crippen molar-refractivity contribution < 1.29 is 41.9 Å². The molecule has 0 aromatic heterocycles. The molecule has 0 unspecified atom stereocenters. The molecule has 0 atom stereocenters. The van der Waals surface area contributed by atoms with E-state index in [4.69, 9.17) is 0 Å². The van der Waals surface area contributed by atoms with Crippen LogP contribution in [-0.4, -0.2) is 100 Å². The van der Waals surface area contributed by atoms with Crippen LogP contribution in [0.3, 0.4) is 0 Å². The van der Waals surface area contributed by atoms with Crippen LogP contribution < -0.4 is 24.8 Å². The Morgan fingerprint density at radius 2 is 0.526 bits per heavy atom. The van der Waals surface area contributed by atoms with Gasteiger partial charge >= 0.3 is 17.1 Å². The van der Waals surface area contributed by atoms with Gasteiger partial charge in [-0.25, -0.2) is 0 Å². The minimum absolute atomic E-state index is 0. The fourth-order valence-electron chi connectivity index (χ4n) is 1.81. The Bertz CT molecular complexity index is 145. The van der Waals surface area contributed by atoms with Gasteiger partial charge in [0, 0.05) is 52.4 Å². The van der Waals surface area contributed by atoms with Crippen LogP contribution in [0.15, 0.2) is 0 Å². The second-order valence-electron chi connectivity index (χ2n) is 5.21. The molecule has 121 valence electrons. The first-order valence-corrected chi connectivity index (χ1v) is 6.32. The fraction of sp³-hybridized carbons (Fsp3) is 1.00. The number of nitrogens with zero attached hydrogens (tertiary/aromatic N) is 4. The van der Waals surface area contributed by atoms with Crippen LogP contribution in [0.25, 0.3) is 0 Å². The van der Waals surface area contributed by atoms with Crippen LogP contribution in [0.1, 0.15) is 0 Å². The van der Waals surface area contributed by atoms with Gasteiger partial charge in [-0.3, -0.25) is 0 Å². The van der Waals surface area contributed by atoms with Gasteiger partial charge in [-0.2, -0.15) is 0 Å². The van der Waals surface area contributed by atoms with Gasteiger partial charge in [0.15, 0.2) is 0 Å². The second-order valence-corrected chi connectivity index (χ2v) is 5.21. The average Bonchev–Trinajstić information content (AvgIpc) is 2.27. The molecule has 7 heteroatoms. The Morgan fingerprint density at radius 3 is 0.632 bits per heavy atom. The summed E-state index contributed by atoms with van der Waals surface area (Å²) in [5, 5.41) is 0. The third kappa shape index (κ3) is 12.4. The zero-order chi connectivity index (χ0) is 12.0. The molecule has 1 fully saturated rings. The molecular formula is C12H28Cl2CuN4. The molecule has 19 heavy (non-hydrogen) atoms. The van der Waals surface area contributed by atoms with E-state index in [1.54, 1.807) is 0 Å². The molecule has 4 nitrogen and oxygen atoms in total. The average molecular weight is 363 g/mol. The first-order valence-electron chi connectivity index (χ1n) is 6.32. The van der Waals surface area contributed by atoms with E-state index in [1.165, 1.54) is 52.4 Å². The van der Waals surface area contributed by atoms with Gasteiger partial charge in [0.05, 0.1) is 0 Å². The molecule has 1 saturated heterocycles. The molecule has 0 aromatic rings. The van der Waals surface area contributed by atoms with Crippen LogP contribution in [0.4, 0.5) is 0 Å². The Kier molecular flexibility index (Phi) is 18.2. The number of hydrogen-bond acceptors (Lipinski definition) is 4. The molecule has 1 rings (SSSR count). The SMILES string of the molecule is CN1CCN(C)CCN(C)CCN(C)CC1.[Cl-].[Cl-].[Cu+2]. The number of hydrogen-bond donors (Lipinski definition) is 0. The van der Waals surface area contributed by atoms with E-state index in [2.05, 4.69) is 47.8 Å². The van der Waals surface area contributed by atoms with Gasteiger partial charge in [0.1, 0.15) is 0 Å². The number of likely N-dealkylation sites (N-methyl/N-ethyl adjacent to an activating group) is 4. The number of rotatable bonds is 0. The summed E-state index contributed by atoms with van der Waals surface area (Å²) in [6, 6.07) is 0. The smallest absolute Gasteiger partial charge is 1.00 e. The van der Waals surface area contributed by atoms with Gasteiger partial charge in [0.2, 0.25) is 0 Å². The van der Waals surface area contributed by atoms with Gasteiger partial charge < -0.3 is 44.4 Å². The summed E-state index contributed by atoms with van der Waals surface area (Å²) in [4.78, 5) is 9.72. The van der Waals surface area contributed by atoms with Crippen molar-refractivity contribution in [3.63, 3.8) is 0 Å². The molecule has 0 aliphatic carbocycles. The van der Waals surface area contributed by atoms with E-state index in [9.17, 15) is 0 Å². The van der Waals surface area contributed by atoms with Crippen molar-refractivity contribution in [2.24, 2.45) is 0 Å². The minimum atomic E-state index is 0. The summed E-state index contributed by atoms with van der Waals surface area (Å²) in [7, 11) is 8.89. The predicted molar refractivity (Wildman–Crippen MR) is 70.0 cm³/mol. The summed E-state index contributed by atoms with van der Waals surface area (Å²) < 4.78 is 0. The molecule has 1 heterocycles. The maximum Gasteiger partial charge on any atom is 2.00 e. The van der Waals surface area contributed by atoms with Crippen LogP contribution in [-0.2, 0) is 17.1 Å². The zero-order valence-corrected chi connectivity index (χ0v) is 15.0. The summed E-state index contributed by atoms with van der Waals surface area (Å²) >= 11 is 0. The zero-order valence-electron chi connectivity index (χ0n) is 12.5. The van der Waals surface area contributed by atoms with Crippen molar-refractivity contribution in [3.8, 4) is 0 Å². The molecule has 0 spiro atoms. The van der Waals surface area contributed by atoms with E-state index in [0.29, 0.717) is 0 Å². The van der Waals surface area contributed by atoms with Crippen molar-refractivity contribution in [1.82, 2.24) is 19.6 Å². The molecule has 1 aliphatic heterocycles. The van der Waals surface area contributed by atoms with Crippen molar-refractivity contribution in [2.45, 2.75) is 0 Å². The summed E-state index contributed by atoms with van der Waals surface area (Å²) in [6.07, 6.45) is 0. The molecule has 0 amide bonds. The van der Waals surface area contributed by atoms with E-state index in [1.807, 2.05) is 0 Å². The summed E-state index contributed by atoms with van der Waals surface area (Å²) in [6.45, 7) is 9.40. The first kappa shape index (κ1) is 24.9. The van der Waals surface area contributed by atoms with Crippen molar-refractivity contribution in [2.75, 3.05) is 80.5 Å². The largest absolute Gasteiger partial charge is 2.00 e. The minimum Gasteiger partial charge on any atom is -1.00 e. The number of halogens is 2. The Labute approximate surface area is 142 Å². The summed E-state index contributed by atoms with van der Waals surface area (Å²) in [5.41, 5.74) is 0. The monoisotopic (exact) mass is 361 g/mol. The Hall–Kier alpha value is 0.939. The molecular weight excluding hydrogens is 335 g/mol. The molecule has 1 aliphatic rings. The van der Waals surface area contributed by atoms with Gasteiger partial charge in [-0.15, -0.1) is 0 Å². The molecule has 0 saturated carbocycles. The van der Waals surface area contributed by atoms with E-state index in [-0.39, 0.29) is 41.9 Å². The van der Waals surface area contributed by atoms with Crippen LogP contribution in [0.5, 0.6) is 0 Å². The fourth-order valence-corrected chi connectivity index (χ4v) is 1.81. The molecule has 0 bridgehead atoms. The third-order valence-electron chi connectivity index (χ3n) is 3.45. The maximum absolute atomic E-state index is 2.43. The van der Waals surface area contributed by atoms with Gasteiger partial charge in [-0.1, -0.05) is 0 Å². The van der Waals surface area contributed by atoms with Crippen LogP contribution >= 0.6 is 0 Å². The van der Waals surface area contributed by atoms with Crippen molar-refractivity contribution in [1.29, 1.82) is 0 Å². The molecule has 1 radical (unpaired) electrons. The summed E-state index contributed by atoms with van der Waals surface area (Å²) in [5.74, 6) is 0. The van der Waals surface area contributed by atoms with E-state index >= 15 is 0 Å². The van der Waals surface area contributed by atoms with Gasteiger partial charge in [-0.05, 0) is 28.2 Å². The second kappa shape index (κ2) is 13.9. The van der Waals surface area contributed by atoms with E-state index in [0.717, 1.165) is 0 Å². The third-order valence-corrected chi connectivity index (χ3v) is 3.45. The normalized spacial score (nSPS) is 22.1.